The molecule has 1 heterocycles. The van der Waals surface area contributed by atoms with Crippen molar-refractivity contribution in [2.75, 3.05) is 0 Å². The molecule has 0 saturated carbocycles. The van der Waals surface area contributed by atoms with Crippen LogP contribution in [0.2, 0.25) is 0 Å². The van der Waals surface area contributed by atoms with E-state index in [1.54, 1.807) is 36.4 Å². The van der Waals surface area contributed by atoms with E-state index in [1.807, 2.05) is 0 Å². The fourth-order valence-corrected chi connectivity index (χ4v) is 2.28. The number of hydrogen-bond donors (Lipinski definition) is 1. The Morgan fingerprint density at radius 2 is 1.81 bits per heavy atom. The molecule has 6 heteroatoms. The molecule has 0 fully saturated rings. The Balaban J connectivity index is 2.24. The van der Waals surface area contributed by atoms with Gasteiger partial charge in [0, 0.05) is 5.56 Å². The van der Waals surface area contributed by atoms with Crippen molar-refractivity contribution in [2.45, 2.75) is 12.7 Å². The average molecular weight is 292 g/mol. The van der Waals surface area contributed by atoms with Crippen LogP contribution < -0.4 is 0 Å². The molecule has 0 amide bonds. The molecule has 3 nitrogen and oxygen atoms in total. The second-order valence-corrected chi connectivity index (χ2v) is 4.68. The zero-order valence-corrected chi connectivity index (χ0v) is 10.8. The number of hydrogen-bond acceptors (Lipinski definition) is 2. The van der Waals surface area contributed by atoms with Crippen LogP contribution in [-0.4, -0.2) is 20.8 Å². The van der Waals surface area contributed by atoms with E-state index in [2.05, 4.69) is 4.98 Å². The summed E-state index contributed by atoms with van der Waals surface area (Å²) in [5, 5.41) is 9.51. The second-order valence-electron chi connectivity index (χ2n) is 4.68. The largest absolute Gasteiger partial charge is 0.508 e. The fraction of sp³-hybridized carbons (Fsp3) is 0.133. The highest BCUT2D eigenvalue weighted by Gasteiger charge is 2.30. The van der Waals surface area contributed by atoms with Gasteiger partial charge in [0.15, 0.2) is 0 Å². The van der Waals surface area contributed by atoms with Crippen molar-refractivity contribution in [3.05, 3.63) is 48.5 Å². The van der Waals surface area contributed by atoms with E-state index < -0.39 is 12.7 Å². The number of phenols is 1. The van der Waals surface area contributed by atoms with Gasteiger partial charge in [-0.15, -0.1) is 0 Å². The number of benzene rings is 2. The van der Waals surface area contributed by atoms with Crippen molar-refractivity contribution >= 4 is 11.0 Å². The lowest BCUT2D eigenvalue weighted by molar-refractivity contribution is -0.139. The number of aromatic hydroxyl groups is 1. The average Bonchev–Trinajstić information content (AvgIpc) is 2.76. The van der Waals surface area contributed by atoms with Crippen LogP contribution in [0.3, 0.4) is 0 Å². The molecule has 108 valence electrons. The van der Waals surface area contributed by atoms with E-state index in [-0.39, 0.29) is 11.6 Å². The number of phenolic OH excluding ortho intramolecular Hbond substituents is 1. The summed E-state index contributed by atoms with van der Waals surface area (Å²) in [5.74, 6) is 0.169. The van der Waals surface area contributed by atoms with Crippen molar-refractivity contribution in [1.82, 2.24) is 9.55 Å². The molecule has 0 spiro atoms. The standard InChI is InChI=1S/C15H11F3N2O/c16-15(17,18)9-20-13-7-2-1-6-12(13)19-14(20)10-4-3-5-11(21)8-10/h1-8,21H,9H2. The molecule has 1 N–H and O–H groups in total. The molecule has 0 aliphatic heterocycles. The summed E-state index contributed by atoms with van der Waals surface area (Å²) >= 11 is 0. The minimum atomic E-state index is -4.35. The topological polar surface area (TPSA) is 38.1 Å². The quantitative estimate of drug-likeness (QED) is 0.776. The summed E-state index contributed by atoms with van der Waals surface area (Å²) in [5.41, 5.74) is 1.34. The van der Waals surface area contributed by atoms with E-state index in [1.165, 1.54) is 12.1 Å². The van der Waals surface area contributed by atoms with Gasteiger partial charge in [-0.25, -0.2) is 4.98 Å². The Kier molecular flexibility index (Phi) is 3.08. The lowest BCUT2D eigenvalue weighted by Crippen LogP contribution is -2.18. The predicted octanol–water partition coefficient (Wildman–Crippen LogP) is 3.97. The zero-order valence-electron chi connectivity index (χ0n) is 10.8. The van der Waals surface area contributed by atoms with Crippen molar-refractivity contribution in [3.8, 4) is 17.1 Å². The molecule has 0 aliphatic rings. The molecule has 0 unspecified atom stereocenters. The highest BCUT2D eigenvalue weighted by molar-refractivity contribution is 5.80. The van der Waals surface area contributed by atoms with Gasteiger partial charge < -0.3 is 9.67 Å². The van der Waals surface area contributed by atoms with Crippen LogP contribution in [-0.2, 0) is 6.54 Å². The molecular weight excluding hydrogens is 281 g/mol. The molecule has 0 bridgehead atoms. The molecule has 0 radical (unpaired) electrons. The van der Waals surface area contributed by atoms with Crippen molar-refractivity contribution < 1.29 is 18.3 Å². The van der Waals surface area contributed by atoms with Gasteiger partial charge in [-0.05, 0) is 24.3 Å². The first-order valence-electron chi connectivity index (χ1n) is 6.25. The van der Waals surface area contributed by atoms with Crippen LogP contribution in [0.15, 0.2) is 48.5 Å². The van der Waals surface area contributed by atoms with E-state index in [4.69, 9.17) is 0 Å². The van der Waals surface area contributed by atoms with Crippen LogP contribution in [0, 0.1) is 0 Å². The molecule has 21 heavy (non-hydrogen) atoms. The number of nitrogens with zero attached hydrogens (tertiary/aromatic N) is 2. The summed E-state index contributed by atoms with van der Waals surface area (Å²) < 4.78 is 39.6. The molecule has 0 aliphatic carbocycles. The van der Waals surface area contributed by atoms with Crippen molar-refractivity contribution in [3.63, 3.8) is 0 Å². The lowest BCUT2D eigenvalue weighted by atomic mass is 10.2. The summed E-state index contributed by atoms with van der Waals surface area (Å²) in [6, 6.07) is 12.7. The number of fused-ring (bicyclic) bond motifs is 1. The number of halogens is 3. The minimum Gasteiger partial charge on any atom is -0.508 e. The Labute approximate surface area is 118 Å². The Bertz CT molecular complexity index is 793. The smallest absolute Gasteiger partial charge is 0.406 e. The maximum Gasteiger partial charge on any atom is 0.406 e. The number of alkyl halides is 3. The lowest BCUT2D eigenvalue weighted by Gasteiger charge is -2.12. The normalized spacial score (nSPS) is 12.0. The van der Waals surface area contributed by atoms with E-state index in [0.29, 0.717) is 16.6 Å². The third kappa shape index (κ3) is 2.69. The minimum absolute atomic E-state index is 0.0156. The van der Waals surface area contributed by atoms with Gasteiger partial charge in [0.1, 0.15) is 18.1 Å². The molecule has 0 atom stereocenters. The molecular formula is C15H11F3N2O. The fourth-order valence-electron chi connectivity index (χ4n) is 2.28. The van der Waals surface area contributed by atoms with Crippen molar-refractivity contribution in [1.29, 1.82) is 0 Å². The van der Waals surface area contributed by atoms with E-state index in [0.717, 1.165) is 4.57 Å². The van der Waals surface area contributed by atoms with Gasteiger partial charge in [0.05, 0.1) is 11.0 Å². The number of para-hydroxylation sites is 2. The molecule has 3 aromatic rings. The monoisotopic (exact) mass is 292 g/mol. The Morgan fingerprint density at radius 3 is 2.52 bits per heavy atom. The van der Waals surface area contributed by atoms with Gasteiger partial charge in [-0.3, -0.25) is 0 Å². The summed E-state index contributed by atoms with van der Waals surface area (Å²) in [4.78, 5) is 4.26. The van der Waals surface area contributed by atoms with Crippen LogP contribution >= 0.6 is 0 Å². The van der Waals surface area contributed by atoms with Gasteiger partial charge in [0.25, 0.3) is 0 Å². The molecule has 0 saturated heterocycles. The zero-order chi connectivity index (χ0) is 15.0. The summed E-state index contributed by atoms with van der Waals surface area (Å²) in [7, 11) is 0. The third-order valence-electron chi connectivity index (χ3n) is 3.10. The first-order valence-corrected chi connectivity index (χ1v) is 6.25. The van der Waals surface area contributed by atoms with E-state index in [9.17, 15) is 18.3 Å². The number of rotatable bonds is 2. The number of aromatic nitrogens is 2. The van der Waals surface area contributed by atoms with Crippen LogP contribution in [0.1, 0.15) is 0 Å². The molecule has 2 aromatic carbocycles. The highest BCUT2D eigenvalue weighted by atomic mass is 19.4. The third-order valence-corrected chi connectivity index (χ3v) is 3.10. The SMILES string of the molecule is Oc1cccc(-c2nc3ccccc3n2CC(F)(F)F)c1. The van der Waals surface area contributed by atoms with E-state index >= 15 is 0 Å². The van der Waals surface area contributed by atoms with Gasteiger partial charge in [0.2, 0.25) is 0 Å². The second kappa shape index (κ2) is 4.80. The van der Waals surface area contributed by atoms with Crippen molar-refractivity contribution in [2.24, 2.45) is 0 Å². The Hall–Kier alpha value is -2.50. The first-order chi connectivity index (χ1) is 9.94. The van der Waals surface area contributed by atoms with Crippen LogP contribution in [0.4, 0.5) is 13.2 Å². The Morgan fingerprint density at radius 1 is 1.05 bits per heavy atom. The maximum atomic E-state index is 12.8. The van der Waals surface area contributed by atoms with Crippen LogP contribution in [0.5, 0.6) is 5.75 Å². The number of imidazole rings is 1. The highest BCUT2D eigenvalue weighted by Crippen LogP contribution is 2.30. The predicted molar refractivity (Wildman–Crippen MR) is 72.9 cm³/mol. The van der Waals surface area contributed by atoms with Gasteiger partial charge in [-0.2, -0.15) is 13.2 Å². The first kappa shape index (κ1) is 13.5. The van der Waals surface area contributed by atoms with Gasteiger partial charge in [-0.1, -0.05) is 24.3 Å². The van der Waals surface area contributed by atoms with Crippen LogP contribution in [0.25, 0.3) is 22.4 Å². The maximum absolute atomic E-state index is 12.8. The van der Waals surface area contributed by atoms with Gasteiger partial charge >= 0.3 is 6.18 Å². The summed E-state index contributed by atoms with van der Waals surface area (Å²) in [6.07, 6.45) is -4.35. The molecule has 3 rings (SSSR count). The summed E-state index contributed by atoms with van der Waals surface area (Å²) in [6.45, 7) is -1.13. The molecule has 1 aromatic heterocycles.